The van der Waals surface area contributed by atoms with Gasteiger partial charge in [0, 0.05) is 19.5 Å². The molecule has 26 heavy (non-hydrogen) atoms. The molecule has 1 saturated heterocycles. The molecular weight excluding hydrogens is 334 g/mol. The molecule has 0 spiro atoms. The van der Waals surface area contributed by atoms with E-state index in [1.807, 2.05) is 25.1 Å². The van der Waals surface area contributed by atoms with Crippen molar-refractivity contribution in [1.29, 1.82) is 0 Å². The Bertz CT molecular complexity index is 648. The summed E-state index contributed by atoms with van der Waals surface area (Å²) >= 11 is 0. The molecule has 0 bridgehead atoms. The summed E-state index contributed by atoms with van der Waals surface area (Å²) in [6.07, 6.45) is 6.72. The second-order valence-electron chi connectivity index (χ2n) is 5.98. The zero-order valence-electron chi connectivity index (χ0n) is 15.7. The number of morpholine rings is 1. The van der Waals surface area contributed by atoms with Crippen LogP contribution in [-0.2, 0) is 19.8 Å². The summed E-state index contributed by atoms with van der Waals surface area (Å²) in [6, 6.07) is 5.70. The molecule has 0 aliphatic carbocycles. The quantitative estimate of drug-likeness (QED) is 0.523. The lowest BCUT2D eigenvalue weighted by Crippen LogP contribution is -2.51. The van der Waals surface area contributed by atoms with Gasteiger partial charge in [0.05, 0.1) is 34.0 Å². The Hall–Kier alpha value is -2.23. The predicted molar refractivity (Wildman–Crippen MR) is 98.3 cm³/mol. The third-order valence-corrected chi connectivity index (χ3v) is 4.65. The molecule has 1 fully saturated rings. The number of ether oxygens (including phenoxy) is 4. The number of terminal acetylenes is 1. The van der Waals surface area contributed by atoms with Crippen molar-refractivity contribution in [3.8, 4) is 23.8 Å². The fourth-order valence-corrected chi connectivity index (χ4v) is 3.26. The van der Waals surface area contributed by atoms with Gasteiger partial charge in [0.2, 0.25) is 0 Å². The van der Waals surface area contributed by atoms with Gasteiger partial charge in [-0.15, -0.1) is 6.42 Å². The highest BCUT2D eigenvalue weighted by Gasteiger charge is 2.38. The van der Waals surface area contributed by atoms with Crippen LogP contribution in [0.4, 0.5) is 0 Å². The van der Waals surface area contributed by atoms with Crippen LogP contribution in [0.15, 0.2) is 18.2 Å². The molecule has 1 aliphatic rings. The summed E-state index contributed by atoms with van der Waals surface area (Å²) < 4.78 is 21.4. The van der Waals surface area contributed by atoms with Gasteiger partial charge < -0.3 is 18.9 Å². The van der Waals surface area contributed by atoms with Crippen LogP contribution in [0.3, 0.4) is 0 Å². The van der Waals surface area contributed by atoms with Gasteiger partial charge in [0.1, 0.15) is 5.54 Å². The first-order chi connectivity index (χ1) is 12.6. The van der Waals surface area contributed by atoms with Crippen molar-refractivity contribution >= 4 is 5.97 Å². The van der Waals surface area contributed by atoms with Gasteiger partial charge in [0.25, 0.3) is 0 Å². The third-order valence-electron chi connectivity index (χ3n) is 4.65. The van der Waals surface area contributed by atoms with E-state index in [0.717, 1.165) is 5.56 Å². The van der Waals surface area contributed by atoms with Crippen molar-refractivity contribution in [1.82, 2.24) is 4.90 Å². The summed E-state index contributed by atoms with van der Waals surface area (Å²) in [7, 11) is 2.99. The van der Waals surface area contributed by atoms with Crippen molar-refractivity contribution in [2.45, 2.75) is 25.3 Å². The fourth-order valence-electron chi connectivity index (χ4n) is 3.26. The third kappa shape index (κ3) is 4.29. The topological polar surface area (TPSA) is 57.2 Å². The van der Waals surface area contributed by atoms with Gasteiger partial charge in [0.15, 0.2) is 11.5 Å². The van der Waals surface area contributed by atoms with E-state index in [0.29, 0.717) is 50.8 Å². The molecule has 0 amide bonds. The van der Waals surface area contributed by atoms with Gasteiger partial charge in [-0.25, -0.2) is 0 Å². The van der Waals surface area contributed by atoms with E-state index in [1.54, 1.807) is 7.11 Å². The van der Waals surface area contributed by atoms with E-state index in [1.165, 1.54) is 7.11 Å². The largest absolute Gasteiger partial charge is 0.493 e. The first-order valence-corrected chi connectivity index (χ1v) is 8.80. The Kier molecular flexibility index (Phi) is 7.31. The van der Waals surface area contributed by atoms with Crippen LogP contribution in [0, 0.1) is 12.3 Å². The molecule has 6 heteroatoms. The van der Waals surface area contributed by atoms with Gasteiger partial charge >= 0.3 is 5.97 Å². The maximum atomic E-state index is 11.8. The van der Waals surface area contributed by atoms with Crippen LogP contribution < -0.4 is 9.47 Å². The average Bonchev–Trinajstić information content (AvgIpc) is 2.70. The molecule has 1 atom stereocenters. The summed E-state index contributed by atoms with van der Waals surface area (Å²) in [6.45, 7) is 5.04. The minimum atomic E-state index is -0.740. The van der Waals surface area contributed by atoms with Crippen LogP contribution in [0.5, 0.6) is 11.5 Å². The average molecular weight is 361 g/mol. The van der Waals surface area contributed by atoms with Gasteiger partial charge in [-0.05, 0) is 31.0 Å². The van der Waals surface area contributed by atoms with E-state index in [-0.39, 0.29) is 12.4 Å². The number of carbonyl (C=O) groups excluding carboxylic acids is 1. The van der Waals surface area contributed by atoms with Gasteiger partial charge in [-0.2, -0.15) is 0 Å². The first-order valence-electron chi connectivity index (χ1n) is 8.80. The number of carbonyl (C=O) groups is 1. The van der Waals surface area contributed by atoms with E-state index in [2.05, 4.69) is 10.8 Å². The van der Waals surface area contributed by atoms with Crippen molar-refractivity contribution in [3.05, 3.63) is 23.8 Å². The molecule has 1 aromatic rings. The lowest BCUT2D eigenvalue weighted by Gasteiger charge is -2.42. The minimum absolute atomic E-state index is 0.230. The number of hydrogen-bond acceptors (Lipinski definition) is 6. The molecular formula is C20H27NO5. The second-order valence-corrected chi connectivity index (χ2v) is 5.98. The molecule has 0 N–H and O–H groups in total. The molecule has 1 heterocycles. The Morgan fingerprint density at radius 1 is 1.31 bits per heavy atom. The smallest absolute Gasteiger partial charge is 0.305 e. The first kappa shape index (κ1) is 20.1. The van der Waals surface area contributed by atoms with Crippen molar-refractivity contribution in [2.24, 2.45) is 0 Å². The zero-order chi connectivity index (χ0) is 19.0. The predicted octanol–water partition coefficient (Wildman–Crippen LogP) is 2.21. The number of esters is 1. The molecule has 1 aliphatic heterocycles. The van der Waals surface area contributed by atoms with Crippen LogP contribution >= 0.6 is 0 Å². The molecule has 0 saturated carbocycles. The summed E-state index contributed by atoms with van der Waals surface area (Å²) in [4.78, 5) is 14.0. The lowest BCUT2D eigenvalue weighted by molar-refractivity contribution is -0.141. The zero-order valence-corrected chi connectivity index (χ0v) is 15.7. The van der Waals surface area contributed by atoms with Crippen LogP contribution in [-0.4, -0.2) is 58.0 Å². The van der Waals surface area contributed by atoms with Crippen molar-refractivity contribution in [3.63, 3.8) is 0 Å². The Balaban J connectivity index is 2.46. The number of rotatable bonds is 8. The second kappa shape index (κ2) is 9.46. The summed E-state index contributed by atoms with van der Waals surface area (Å²) in [5.74, 6) is 3.96. The highest BCUT2D eigenvalue weighted by Crippen LogP contribution is 2.38. The number of methoxy groups -OCH3 is 2. The SMILES string of the molecule is C#CC(CCC(=O)OC)(c1ccc(OC)c(OCC)c1)N1CCOCC1. The maximum absolute atomic E-state index is 11.8. The normalized spacial score (nSPS) is 17.0. The molecule has 142 valence electrons. The lowest BCUT2D eigenvalue weighted by atomic mass is 9.83. The Morgan fingerprint density at radius 3 is 2.62 bits per heavy atom. The fraction of sp³-hybridized carbons (Fsp3) is 0.550. The van der Waals surface area contributed by atoms with Crippen LogP contribution in [0.2, 0.25) is 0 Å². The monoisotopic (exact) mass is 361 g/mol. The number of hydrogen-bond donors (Lipinski definition) is 0. The molecule has 2 rings (SSSR count). The van der Waals surface area contributed by atoms with E-state index in [4.69, 9.17) is 25.4 Å². The minimum Gasteiger partial charge on any atom is -0.493 e. The Morgan fingerprint density at radius 2 is 2.04 bits per heavy atom. The van der Waals surface area contributed by atoms with E-state index >= 15 is 0 Å². The molecule has 1 unspecified atom stereocenters. The standard InChI is InChI=1S/C20H27NO5/c1-5-20(10-9-19(22)24-4,21-11-13-25-14-12-21)16-7-8-17(23-3)18(15-16)26-6-2/h1,7-8,15H,6,9-14H2,2-4H3. The van der Waals surface area contributed by atoms with Crippen LogP contribution in [0.25, 0.3) is 0 Å². The molecule has 1 aromatic carbocycles. The molecule has 0 aromatic heterocycles. The number of nitrogens with zero attached hydrogens (tertiary/aromatic N) is 1. The number of benzene rings is 1. The highest BCUT2D eigenvalue weighted by atomic mass is 16.5. The summed E-state index contributed by atoms with van der Waals surface area (Å²) in [5.41, 5.74) is 0.158. The highest BCUT2D eigenvalue weighted by molar-refractivity contribution is 5.69. The van der Waals surface area contributed by atoms with Gasteiger partial charge in [-0.3, -0.25) is 9.69 Å². The van der Waals surface area contributed by atoms with Crippen LogP contribution in [0.1, 0.15) is 25.3 Å². The molecule has 0 radical (unpaired) electrons. The Labute approximate surface area is 155 Å². The van der Waals surface area contributed by atoms with Gasteiger partial charge in [-0.1, -0.05) is 12.0 Å². The van der Waals surface area contributed by atoms with Crippen molar-refractivity contribution < 1.29 is 23.7 Å². The summed E-state index contributed by atoms with van der Waals surface area (Å²) in [5, 5.41) is 0. The van der Waals surface area contributed by atoms with E-state index < -0.39 is 5.54 Å². The molecule has 6 nitrogen and oxygen atoms in total. The maximum Gasteiger partial charge on any atom is 0.305 e. The van der Waals surface area contributed by atoms with Crippen molar-refractivity contribution in [2.75, 3.05) is 47.1 Å². The van der Waals surface area contributed by atoms with E-state index in [9.17, 15) is 4.79 Å².